The molecule has 2 aromatic heterocycles. The number of alkyl halides is 3. The van der Waals surface area contributed by atoms with Gasteiger partial charge < -0.3 is 10.1 Å². The van der Waals surface area contributed by atoms with E-state index in [4.69, 9.17) is 4.74 Å². The highest BCUT2D eigenvalue weighted by atomic mass is 19.4. The molecule has 1 amide bonds. The number of nitrogens with zero attached hydrogens (tertiary/aromatic N) is 2. The lowest BCUT2D eigenvalue weighted by Gasteiger charge is -2.25. The number of rotatable bonds is 3. The number of carbonyl (C=O) groups excluding carboxylic acids is 1. The van der Waals surface area contributed by atoms with Crippen LogP contribution in [0.4, 0.5) is 13.2 Å². The number of halogens is 3. The van der Waals surface area contributed by atoms with E-state index in [1.54, 1.807) is 0 Å². The Morgan fingerprint density at radius 2 is 2.16 bits per heavy atom. The molecule has 134 valence electrons. The number of amides is 1. The van der Waals surface area contributed by atoms with E-state index in [1.165, 1.54) is 12.1 Å². The zero-order valence-electron chi connectivity index (χ0n) is 13.6. The van der Waals surface area contributed by atoms with Gasteiger partial charge in [0, 0.05) is 12.0 Å². The van der Waals surface area contributed by atoms with Crippen LogP contribution < -0.4 is 5.32 Å². The molecule has 3 rings (SSSR count). The first-order valence-electron chi connectivity index (χ1n) is 7.79. The molecule has 3 heterocycles. The topological polar surface area (TPSA) is 79.9 Å². The Morgan fingerprint density at radius 3 is 2.88 bits per heavy atom. The Kier molecular flexibility index (Phi) is 4.51. The Labute approximate surface area is 141 Å². The molecule has 6 nitrogen and oxygen atoms in total. The summed E-state index contributed by atoms with van der Waals surface area (Å²) >= 11 is 0. The molecule has 0 aliphatic carbocycles. The van der Waals surface area contributed by atoms with Crippen LogP contribution in [-0.4, -0.2) is 27.2 Å². The van der Waals surface area contributed by atoms with Gasteiger partial charge in [-0.05, 0) is 26.0 Å². The highest BCUT2D eigenvalue weighted by Crippen LogP contribution is 2.30. The third kappa shape index (κ3) is 3.65. The average Bonchev–Trinajstić information content (AvgIpc) is 2.96. The molecule has 2 atom stereocenters. The number of fused-ring (bicyclic) bond motifs is 1. The van der Waals surface area contributed by atoms with E-state index >= 15 is 0 Å². The van der Waals surface area contributed by atoms with Crippen molar-refractivity contribution in [3.63, 3.8) is 0 Å². The number of aromatic amines is 1. The van der Waals surface area contributed by atoms with Gasteiger partial charge in [0.15, 0.2) is 5.69 Å². The molecular weight excluding hydrogens is 337 g/mol. The molecule has 25 heavy (non-hydrogen) atoms. The van der Waals surface area contributed by atoms with E-state index in [0.717, 1.165) is 17.3 Å². The molecule has 0 aromatic carbocycles. The predicted molar refractivity (Wildman–Crippen MR) is 81.7 cm³/mol. The number of hydrogen-bond acceptors (Lipinski definition) is 4. The molecule has 0 radical (unpaired) electrons. The van der Waals surface area contributed by atoms with E-state index in [9.17, 15) is 18.0 Å². The molecule has 0 bridgehead atoms. The maximum absolute atomic E-state index is 12.7. The van der Waals surface area contributed by atoms with E-state index in [1.807, 2.05) is 13.8 Å². The minimum absolute atomic E-state index is 0.0446. The molecule has 0 saturated carbocycles. The minimum atomic E-state index is -4.52. The SMILES string of the molecule is C[C@@H]1Cc2c(C(=O)NCc3cccc(C(F)(F)F)n3)n[nH]c2[C@H](C)O1. The second-order valence-corrected chi connectivity index (χ2v) is 5.95. The summed E-state index contributed by atoms with van der Waals surface area (Å²) in [5.41, 5.74) is 0.902. The molecule has 0 spiro atoms. The number of aromatic nitrogens is 3. The number of pyridine rings is 1. The maximum atomic E-state index is 12.7. The fraction of sp³-hybridized carbons (Fsp3) is 0.438. The summed E-state index contributed by atoms with van der Waals surface area (Å²) in [7, 11) is 0. The second kappa shape index (κ2) is 6.47. The van der Waals surface area contributed by atoms with Gasteiger partial charge in [0.25, 0.3) is 5.91 Å². The van der Waals surface area contributed by atoms with Crippen LogP contribution >= 0.6 is 0 Å². The van der Waals surface area contributed by atoms with Gasteiger partial charge in [-0.3, -0.25) is 9.89 Å². The zero-order valence-corrected chi connectivity index (χ0v) is 13.6. The van der Waals surface area contributed by atoms with E-state index in [2.05, 4.69) is 20.5 Å². The second-order valence-electron chi connectivity index (χ2n) is 5.95. The quantitative estimate of drug-likeness (QED) is 0.888. The van der Waals surface area contributed by atoms with Crippen LogP contribution in [0.2, 0.25) is 0 Å². The molecule has 0 saturated heterocycles. The lowest BCUT2D eigenvalue weighted by atomic mass is 9.99. The largest absolute Gasteiger partial charge is 0.433 e. The van der Waals surface area contributed by atoms with E-state index < -0.39 is 17.8 Å². The smallest absolute Gasteiger partial charge is 0.369 e. The molecule has 1 aliphatic rings. The fourth-order valence-electron chi connectivity index (χ4n) is 2.85. The van der Waals surface area contributed by atoms with Gasteiger partial charge in [-0.2, -0.15) is 18.3 Å². The first-order valence-corrected chi connectivity index (χ1v) is 7.79. The standard InChI is InChI=1S/C16H17F3N4O2/c1-8-6-11-13(9(2)25-8)22-23-14(11)15(24)20-7-10-4-3-5-12(21-10)16(17,18)19/h3-5,8-9H,6-7H2,1-2H3,(H,20,24)(H,22,23)/t8-,9+/m1/s1. The van der Waals surface area contributed by atoms with Crippen LogP contribution in [0, 0.1) is 0 Å². The summed E-state index contributed by atoms with van der Waals surface area (Å²) in [6.45, 7) is 3.65. The van der Waals surface area contributed by atoms with Gasteiger partial charge in [0.05, 0.1) is 30.1 Å². The Hall–Kier alpha value is -2.42. The lowest BCUT2D eigenvalue weighted by molar-refractivity contribution is -0.141. The van der Waals surface area contributed by atoms with Crippen molar-refractivity contribution >= 4 is 5.91 Å². The van der Waals surface area contributed by atoms with Gasteiger partial charge in [-0.25, -0.2) is 4.98 Å². The van der Waals surface area contributed by atoms with Crippen LogP contribution in [0.3, 0.4) is 0 Å². The van der Waals surface area contributed by atoms with Gasteiger partial charge in [-0.15, -0.1) is 0 Å². The number of hydrogen-bond donors (Lipinski definition) is 2. The van der Waals surface area contributed by atoms with Crippen LogP contribution in [0.5, 0.6) is 0 Å². The minimum Gasteiger partial charge on any atom is -0.369 e. The van der Waals surface area contributed by atoms with Crippen molar-refractivity contribution in [3.8, 4) is 0 Å². The van der Waals surface area contributed by atoms with E-state index in [0.29, 0.717) is 6.42 Å². The van der Waals surface area contributed by atoms with Gasteiger partial charge in [0.2, 0.25) is 0 Å². The summed E-state index contributed by atoms with van der Waals surface area (Å²) in [5, 5.41) is 9.41. The van der Waals surface area contributed by atoms with Crippen molar-refractivity contribution in [1.29, 1.82) is 0 Å². The number of nitrogens with one attached hydrogen (secondary N) is 2. The molecule has 2 aromatic rings. The highest BCUT2D eigenvalue weighted by molar-refractivity contribution is 5.94. The van der Waals surface area contributed by atoms with Gasteiger partial charge >= 0.3 is 6.18 Å². The molecule has 0 unspecified atom stereocenters. The Morgan fingerprint density at radius 1 is 1.40 bits per heavy atom. The molecular formula is C16H17F3N4O2. The molecule has 9 heteroatoms. The Bertz CT molecular complexity index is 788. The van der Waals surface area contributed by atoms with Crippen molar-refractivity contribution in [1.82, 2.24) is 20.5 Å². The number of H-pyrrole nitrogens is 1. The third-order valence-electron chi connectivity index (χ3n) is 3.98. The highest BCUT2D eigenvalue weighted by Gasteiger charge is 2.32. The third-order valence-corrected chi connectivity index (χ3v) is 3.98. The van der Waals surface area contributed by atoms with Crippen LogP contribution in [0.15, 0.2) is 18.2 Å². The Balaban J connectivity index is 1.72. The normalized spacial score (nSPS) is 20.2. The fourth-order valence-corrected chi connectivity index (χ4v) is 2.85. The number of carbonyl (C=O) groups is 1. The van der Waals surface area contributed by atoms with Crippen LogP contribution in [0.1, 0.15) is 53.1 Å². The van der Waals surface area contributed by atoms with Crippen molar-refractivity contribution < 1.29 is 22.7 Å². The van der Waals surface area contributed by atoms with Crippen molar-refractivity contribution in [2.24, 2.45) is 0 Å². The van der Waals surface area contributed by atoms with E-state index in [-0.39, 0.29) is 30.1 Å². The summed E-state index contributed by atoms with van der Waals surface area (Å²) < 4.78 is 43.7. The van der Waals surface area contributed by atoms with Crippen molar-refractivity contribution in [2.45, 2.75) is 45.2 Å². The monoisotopic (exact) mass is 354 g/mol. The van der Waals surface area contributed by atoms with Crippen LogP contribution in [0.25, 0.3) is 0 Å². The lowest BCUT2D eigenvalue weighted by Crippen LogP contribution is -2.28. The van der Waals surface area contributed by atoms with Gasteiger partial charge in [-0.1, -0.05) is 6.07 Å². The first-order chi connectivity index (χ1) is 11.8. The summed E-state index contributed by atoms with van der Waals surface area (Å²) in [4.78, 5) is 15.9. The first kappa shape index (κ1) is 17.4. The molecule has 1 aliphatic heterocycles. The number of ether oxygens (including phenoxy) is 1. The maximum Gasteiger partial charge on any atom is 0.433 e. The van der Waals surface area contributed by atoms with Crippen molar-refractivity contribution in [2.75, 3.05) is 0 Å². The summed E-state index contributed by atoms with van der Waals surface area (Å²) in [6.07, 6.45) is -4.22. The van der Waals surface area contributed by atoms with Crippen LogP contribution in [-0.2, 0) is 23.9 Å². The van der Waals surface area contributed by atoms with Crippen molar-refractivity contribution in [3.05, 3.63) is 46.5 Å². The predicted octanol–water partition coefficient (Wildman–Crippen LogP) is 2.78. The molecule has 0 fully saturated rings. The average molecular weight is 354 g/mol. The van der Waals surface area contributed by atoms with Gasteiger partial charge in [0.1, 0.15) is 5.69 Å². The summed E-state index contributed by atoms with van der Waals surface area (Å²) in [6, 6.07) is 3.57. The zero-order chi connectivity index (χ0) is 18.2. The summed E-state index contributed by atoms with van der Waals surface area (Å²) in [5.74, 6) is -0.460. The molecule has 2 N–H and O–H groups in total.